The molecule has 21 heavy (non-hydrogen) atoms. The van der Waals surface area contributed by atoms with Gasteiger partial charge in [-0.25, -0.2) is 0 Å². The van der Waals surface area contributed by atoms with Crippen LogP contribution in [0.2, 0.25) is 0 Å². The molecular weight excluding hydrogens is 276 g/mol. The van der Waals surface area contributed by atoms with Gasteiger partial charge in [-0.3, -0.25) is 14.4 Å². The summed E-state index contributed by atoms with van der Waals surface area (Å²) in [6, 6.07) is 4.59. The molecule has 0 atom stereocenters. The van der Waals surface area contributed by atoms with Gasteiger partial charge in [-0.15, -0.1) is 0 Å². The highest BCUT2D eigenvalue weighted by Gasteiger charge is 2.17. The highest BCUT2D eigenvalue weighted by molar-refractivity contribution is 6.08. The number of carboxylic acids is 2. The van der Waals surface area contributed by atoms with Gasteiger partial charge in [-0.2, -0.15) is 0 Å². The highest BCUT2D eigenvalue weighted by Crippen LogP contribution is 2.24. The first-order valence-electron chi connectivity index (χ1n) is 6.06. The van der Waals surface area contributed by atoms with Crippen molar-refractivity contribution in [2.75, 3.05) is 30.4 Å². The van der Waals surface area contributed by atoms with Gasteiger partial charge in [0, 0.05) is 24.0 Å². The highest BCUT2D eigenvalue weighted by atomic mass is 16.4. The van der Waals surface area contributed by atoms with Gasteiger partial charge in [0.2, 0.25) is 0 Å². The molecule has 3 N–H and O–H groups in total. The van der Waals surface area contributed by atoms with Crippen LogP contribution in [-0.2, 0) is 9.59 Å². The standard InChI is InChI=1S/C14H16N2O5/c1-3-12(17)10-6-9(4-5-11(10)15-2)16(7-13(18)19)8-14(20)21/h3-6,15H,1,7-8H2,2H3,(H,18,19)(H,20,21). The molecule has 0 aromatic heterocycles. The van der Waals surface area contributed by atoms with Crippen LogP contribution in [0.5, 0.6) is 0 Å². The fourth-order valence-corrected chi connectivity index (χ4v) is 1.83. The van der Waals surface area contributed by atoms with Crippen LogP contribution in [0.15, 0.2) is 30.9 Å². The first kappa shape index (κ1) is 16.2. The lowest BCUT2D eigenvalue weighted by molar-refractivity contribution is -0.136. The molecule has 0 radical (unpaired) electrons. The van der Waals surface area contributed by atoms with Gasteiger partial charge in [0.25, 0.3) is 0 Å². The first-order valence-corrected chi connectivity index (χ1v) is 6.06. The topological polar surface area (TPSA) is 107 Å². The molecule has 7 heteroatoms. The van der Waals surface area contributed by atoms with Crippen LogP contribution in [0.1, 0.15) is 10.4 Å². The van der Waals surface area contributed by atoms with Gasteiger partial charge in [0.15, 0.2) is 5.78 Å². The van der Waals surface area contributed by atoms with Crippen LogP contribution < -0.4 is 10.2 Å². The zero-order valence-electron chi connectivity index (χ0n) is 11.5. The molecule has 0 fully saturated rings. The molecule has 1 aromatic rings. The maximum Gasteiger partial charge on any atom is 0.323 e. The Bertz CT molecular complexity index is 567. The van der Waals surface area contributed by atoms with Gasteiger partial charge >= 0.3 is 11.9 Å². The summed E-state index contributed by atoms with van der Waals surface area (Å²) in [5.41, 5.74) is 1.18. The van der Waals surface area contributed by atoms with Crippen molar-refractivity contribution in [3.63, 3.8) is 0 Å². The normalized spacial score (nSPS) is 9.76. The van der Waals surface area contributed by atoms with E-state index in [9.17, 15) is 14.4 Å². The van der Waals surface area contributed by atoms with E-state index in [4.69, 9.17) is 10.2 Å². The smallest absolute Gasteiger partial charge is 0.323 e. The first-order chi connectivity index (χ1) is 9.88. The van der Waals surface area contributed by atoms with E-state index in [2.05, 4.69) is 11.9 Å². The average Bonchev–Trinajstić information content (AvgIpc) is 2.44. The third-order valence-electron chi connectivity index (χ3n) is 2.74. The molecule has 0 unspecified atom stereocenters. The molecule has 0 heterocycles. The quantitative estimate of drug-likeness (QED) is 0.486. The molecule has 0 aliphatic carbocycles. The van der Waals surface area contributed by atoms with Gasteiger partial charge in [0.1, 0.15) is 13.1 Å². The summed E-state index contributed by atoms with van der Waals surface area (Å²) < 4.78 is 0. The molecule has 112 valence electrons. The number of carbonyl (C=O) groups excluding carboxylic acids is 1. The van der Waals surface area contributed by atoms with Crippen LogP contribution >= 0.6 is 0 Å². The van der Waals surface area contributed by atoms with E-state index < -0.39 is 25.0 Å². The molecule has 1 rings (SSSR count). The van der Waals surface area contributed by atoms with Crippen molar-refractivity contribution >= 4 is 29.1 Å². The molecule has 0 saturated carbocycles. The Kier molecular flexibility index (Phi) is 5.48. The van der Waals surface area contributed by atoms with Gasteiger partial charge < -0.3 is 20.4 Å². The zero-order chi connectivity index (χ0) is 16.0. The predicted molar refractivity (Wildman–Crippen MR) is 78.0 cm³/mol. The Balaban J connectivity index is 3.25. The number of rotatable bonds is 8. The van der Waals surface area contributed by atoms with Crippen LogP contribution in [0.25, 0.3) is 0 Å². The molecule has 7 nitrogen and oxygen atoms in total. The van der Waals surface area contributed by atoms with Crippen LogP contribution in [-0.4, -0.2) is 48.1 Å². The Morgan fingerprint density at radius 1 is 1.24 bits per heavy atom. The van der Waals surface area contributed by atoms with E-state index in [0.29, 0.717) is 16.9 Å². The molecule has 0 amide bonds. The number of ketones is 1. The number of carbonyl (C=O) groups is 3. The van der Waals surface area contributed by atoms with Crippen molar-refractivity contribution in [2.24, 2.45) is 0 Å². The number of benzene rings is 1. The Hall–Kier alpha value is -2.83. The Morgan fingerprint density at radius 3 is 2.24 bits per heavy atom. The Morgan fingerprint density at radius 2 is 1.81 bits per heavy atom. The summed E-state index contributed by atoms with van der Waals surface area (Å²) in [6.07, 6.45) is 1.14. The SMILES string of the molecule is C=CC(=O)c1cc(N(CC(=O)O)CC(=O)O)ccc1NC. The summed E-state index contributed by atoms with van der Waals surface area (Å²) in [4.78, 5) is 34.6. The van der Waals surface area contributed by atoms with Crippen LogP contribution in [0.4, 0.5) is 11.4 Å². The predicted octanol–water partition coefficient (Wildman–Crippen LogP) is 1.07. The van der Waals surface area contributed by atoms with E-state index >= 15 is 0 Å². The number of allylic oxidation sites excluding steroid dienone is 1. The molecule has 0 aliphatic heterocycles. The second-order valence-electron chi connectivity index (χ2n) is 4.19. The number of aliphatic carboxylic acids is 2. The number of anilines is 2. The Labute approximate surface area is 121 Å². The monoisotopic (exact) mass is 292 g/mol. The number of hydrogen-bond donors (Lipinski definition) is 3. The number of hydrogen-bond acceptors (Lipinski definition) is 5. The summed E-state index contributed by atoms with van der Waals surface area (Å²) in [5.74, 6) is -2.66. The van der Waals surface area contributed by atoms with Crippen molar-refractivity contribution in [3.8, 4) is 0 Å². The van der Waals surface area contributed by atoms with Crippen molar-refractivity contribution in [3.05, 3.63) is 36.4 Å². The minimum atomic E-state index is -1.16. The summed E-state index contributed by atoms with van der Waals surface area (Å²) in [5, 5.41) is 20.5. The fourth-order valence-electron chi connectivity index (χ4n) is 1.83. The average molecular weight is 292 g/mol. The second kappa shape index (κ2) is 7.09. The molecule has 0 aliphatic rings. The third kappa shape index (κ3) is 4.34. The third-order valence-corrected chi connectivity index (χ3v) is 2.74. The minimum Gasteiger partial charge on any atom is -0.480 e. The summed E-state index contributed by atoms with van der Waals surface area (Å²) in [6.45, 7) is 2.45. The van der Waals surface area contributed by atoms with Crippen molar-refractivity contribution in [2.45, 2.75) is 0 Å². The lowest BCUT2D eigenvalue weighted by atomic mass is 10.1. The van der Waals surface area contributed by atoms with E-state index in [1.807, 2.05) is 0 Å². The minimum absolute atomic E-state index is 0.297. The van der Waals surface area contributed by atoms with Gasteiger partial charge in [-0.05, 0) is 24.3 Å². The summed E-state index contributed by atoms with van der Waals surface area (Å²) in [7, 11) is 1.64. The lowest BCUT2D eigenvalue weighted by Crippen LogP contribution is -2.34. The number of carboxylic acid groups (broad SMARTS) is 2. The van der Waals surface area contributed by atoms with Crippen LogP contribution in [0, 0.1) is 0 Å². The van der Waals surface area contributed by atoms with Crippen LogP contribution in [0.3, 0.4) is 0 Å². The van der Waals surface area contributed by atoms with Gasteiger partial charge in [0.05, 0.1) is 0 Å². The molecular formula is C14H16N2O5. The molecule has 0 spiro atoms. The summed E-state index contributed by atoms with van der Waals surface area (Å²) >= 11 is 0. The van der Waals surface area contributed by atoms with Gasteiger partial charge in [-0.1, -0.05) is 6.58 Å². The van der Waals surface area contributed by atoms with Crippen molar-refractivity contribution < 1.29 is 24.6 Å². The number of nitrogens with zero attached hydrogens (tertiary/aromatic N) is 1. The largest absolute Gasteiger partial charge is 0.480 e. The maximum atomic E-state index is 11.8. The number of nitrogens with one attached hydrogen (secondary N) is 1. The van der Waals surface area contributed by atoms with Crippen molar-refractivity contribution in [1.82, 2.24) is 0 Å². The molecule has 0 saturated heterocycles. The van der Waals surface area contributed by atoms with Crippen molar-refractivity contribution in [1.29, 1.82) is 0 Å². The zero-order valence-corrected chi connectivity index (χ0v) is 11.5. The molecule has 1 aromatic carbocycles. The molecule has 0 bridgehead atoms. The van der Waals surface area contributed by atoms with E-state index in [-0.39, 0.29) is 5.78 Å². The maximum absolute atomic E-state index is 11.8. The fraction of sp³-hybridized carbons (Fsp3) is 0.214. The second-order valence-corrected chi connectivity index (χ2v) is 4.19. The van der Waals surface area contributed by atoms with E-state index in [0.717, 1.165) is 11.0 Å². The lowest BCUT2D eigenvalue weighted by Gasteiger charge is -2.22. The van der Waals surface area contributed by atoms with E-state index in [1.165, 1.54) is 6.07 Å². The van der Waals surface area contributed by atoms with E-state index in [1.54, 1.807) is 19.2 Å².